The lowest BCUT2D eigenvalue weighted by molar-refractivity contribution is 0.0897. The number of carbonyl (C=O) groups is 1. The van der Waals surface area contributed by atoms with Crippen molar-refractivity contribution in [3.8, 4) is 0 Å². The van der Waals surface area contributed by atoms with Crippen molar-refractivity contribution in [3.05, 3.63) is 17.5 Å². The molecule has 1 aromatic rings. The molecule has 0 fully saturated rings. The number of carbonyl (C=O) groups excluding carboxylic acids is 1. The molecule has 0 bridgehead atoms. The van der Waals surface area contributed by atoms with Crippen LogP contribution >= 0.6 is 15.9 Å². The average molecular weight is 303 g/mol. The van der Waals surface area contributed by atoms with Gasteiger partial charge in [-0.3, -0.25) is 4.79 Å². The third-order valence-corrected chi connectivity index (χ3v) is 3.13. The topological polar surface area (TPSA) is 55.1 Å². The van der Waals surface area contributed by atoms with E-state index in [4.69, 9.17) is 4.52 Å². The van der Waals surface area contributed by atoms with Gasteiger partial charge in [-0.1, -0.05) is 34.9 Å². The fourth-order valence-corrected chi connectivity index (χ4v) is 1.79. The molecule has 0 atom stereocenters. The maximum atomic E-state index is 11.7. The maximum Gasteiger partial charge on any atom is 0.289 e. The van der Waals surface area contributed by atoms with Crippen LogP contribution in [0.5, 0.6) is 0 Å². The largest absolute Gasteiger partial charge is 0.351 e. The molecule has 96 valence electrons. The third-order valence-electron chi connectivity index (χ3n) is 2.57. The summed E-state index contributed by atoms with van der Waals surface area (Å²) in [5.74, 6) is 0.0799. The minimum absolute atomic E-state index is 0.0957. The van der Waals surface area contributed by atoms with Gasteiger partial charge in [0.2, 0.25) is 5.76 Å². The minimum atomic E-state index is -0.197. The highest BCUT2D eigenvalue weighted by Gasteiger charge is 2.20. The van der Waals surface area contributed by atoms with Crippen molar-refractivity contribution < 1.29 is 9.32 Å². The van der Waals surface area contributed by atoms with E-state index in [2.05, 4.69) is 40.3 Å². The van der Waals surface area contributed by atoms with Gasteiger partial charge < -0.3 is 9.84 Å². The van der Waals surface area contributed by atoms with E-state index < -0.39 is 0 Å². The van der Waals surface area contributed by atoms with Crippen molar-refractivity contribution in [2.75, 3.05) is 11.9 Å². The van der Waals surface area contributed by atoms with E-state index in [0.717, 1.165) is 18.2 Å². The summed E-state index contributed by atoms with van der Waals surface area (Å²) in [6, 6.07) is 1.64. The summed E-state index contributed by atoms with van der Waals surface area (Å²) in [5, 5.41) is 7.55. The number of hydrogen-bond donors (Lipinski definition) is 1. The summed E-state index contributed by atoms with van der Waals surface area (Å²) in [6.07, 6.45) is 2.16. The number of alkyl halides is 1. The Balaban J connectivity index is 2.42. The highest BCUT2D eigenvalue weighted by atomic mass is 79.9. The first-order chi connectivity index (χ1) is 7.94. The zero-order chi connectivity index (χ0) is 12.9. The van der Waals surface area contributed by atoms with Gasteiger partial charge in [-0.2, -0.15) is 0 Å². The Morgan fingerprint density at radius 1 is 1.59 bits per heavy atom. The predicted octanol–water partition coefficient (Wildman–Crippen LogP) is 2.91. The molecule has 0 unspecified atom stereocenters. The molecule has 0 aliphatic heterocycles. The fraction of sp³-hybridized carbons (Fsp3) is 0.667. The second kappa shape index (κ2) is 6.19. The Hall–Kier alpha value is -0.840. The van der Waals surface area contributed by atoms with Crippen LogP contribution in [-0.4, -0.2) is 22.9 Å². The van der Waals surface area contributed by atoms with Crippen molar-refractivity contribution in [2.24, 2.45) is 5.41 Å². The van der Waals surface area contributed by atoms with Crippen LogP contribution in [0.15, 0.2) is 10.6 Å². The van der Waals surface area contributed by atoms with Gasteiger partial charge in [0.25, 0.3) is 5.91 Å². The van der Waals surface area contributed by atoms with Crippen LogP contribution in [0.4, 0.5) is 0 Å². The molecule has 0 aromatic carbocycles. The highest BCUT2D eigenvalue weighted by Crippen LogP contribution is 2.21. The summed E-state index contributed by atoms with van der Waals surface area (Å²) in [5.41, 5.74) is 0.812. The van der Waals surface area contributed by atoms with Gasteiger partial charge >= 0.3 is 0 Å². The first-order valence-electron chi connectivity index (χ1n) is 5.72. The molecule has 4 nitrogen and oxygen atoms in total. The van der Waals surface area contributed by atoms with E-state index in [0.29, 0.717) is 12.2 Å². The third kappa shape index (κ3) is 4.89. The first-order valence-corrected chi connectivity index (χ1v) is 6.84. The lowest BCUT2D eigenvalue weighted by atomic mass is 9.88. The number of aryl methyl sites for hydroxylation is 1. The van der Waals surface area contributed by atoms with Crippen molar-refractivity contribution in [1.29, 1.82) is 0 Å². The number of aromatic nitrogens is 1. The summed E-state index contributed by atoms with van der Waals surface area (Å²) in [6.45, 7) is 6.71. The quantitative estimate of drug-likeness (QED) is 0.822. The first kappa shape index (κ1) is 14.2. The molecule has 17 heavy (non-hydrogen) atoms. The Labute approximate surface area is 110 Å². The zero-order valence-corrected chi connectivity index (χ0v) is 12.1. The lowest BCUT2D eigenvalue weighted by Crippen LogP contribution is -2.33. The number of hydrogen-bond acceptors (Lipinski definition) is 3. The Bertz CT molecular complexity index is 374. The summed E-state index contributed by atoms with van der Waals surface area (Å²) in [4.78, 5) is 11.7. The van der Waals surface area contributed by atoms with E-state index in [1.165, 1.54) is 0 Å². The predicted molar refractivity (Wildman–Crippen MR) is 70.4 cm³/mol. The van der Waals surface area contributed by atoms with E-state index >= 15 is 0 Å². The highest BCUT2D eigenvalue weighted by molar-refractivity contribution is 9.09. The fourth-order valence-electron chi connectivity index (χ4n) is 1.51. The minimum Gasteiger partial charge on any atom is -0.351 e. The van der Waals surface area contributed by atoms with Crippen molar-refractivity contribution >= 4 is 21.8 Å². The van der Waals surface area contributed by atoms with Crippen LogP contribution in [0.1, 0.15) is 42.9 Å². The van der Waals surface area contributed by atoms with Gasteiger partial charge in [0.1, 0.15) is 0 Å². The summed E-state index contributed by atoms with van der Waals surface area (Å²) >= 11 is 3.41. The lowest BCUT2D eigenvalue weighted by Gasteiger charge is -2.24. The second-order valence-electron chi connectivity index (χ2n) is 4.97. The molecule has 1 aromatic heterocycles. The Morgan fingerprint density at radius 3 is 2.82 bits per heavy atom. The maximum absolute atomic E-state index is 11.7. The van der Waals surface area contributed by atoms with E-state index in [9.17, 15) is 4.79 Å². The van der Waals surface area contributed by atoms with E-state index in [-0.39, 0.29) is 17.1 Å². The monoisotopic (exact) mass is 302 g/mol. The smallest absolute Gasteiger partial charge is 0.289 e. The van der Waals surface area contributed by atoms with Crippen LogP contribution in [0, 0.1) is 12.3 Å². The molecule has 5 heteroatoms. The van der Waals surface area contributed by atoms with E-state index in [1.807, 2.05) is 0 Å². The van der Waals surface area contributed by atoms with Crippen LogP contribution in [0.25, 0.3) is 0 Å². The number of rotatable bonds is 6. The molecule has 0 aliphatic rings. The van der Waals surface area contributed by atoms with Crippen molar-refractivity contribution in [1.82, 2.24) is 10.5 Å². The molecule has 0 saturated heterocycles. The van der Waals surface area contributed by atoms with Gasteiger partial charge in [-0.15, -0.1) is 0 Å². The van der Waals surface area contributed by atoms with Gasteiger partial charge in [-0.05, 0) is 25.2 Å². The van der Waals surface area contributed by atoms with Crippen LogP contribution < -0.4 is 5.32 Å². The number of amides is 1. The molecule has 1 heterocycles. The van der Waals surface area contributed by atoms with Crippen LogP contribution in [0.2, 0.25) is 0 Å². The molecule has 1 N–H and O–H groups in total. The number of nitrogens with zero attached hydrogens (tertiary/aromatic N) is 1. The van der Waals surface area contributed by atoms with Crippen LogP contribution in [-0.2, 0) is 0 Å². The van der Waals surface area contributed by atoms with Gasteiger partial charge in [-0.25, -0.2) is 0 Å². The molecular weight excluding hydrogens is 284 g/mol. The molecule has 0 aliphatic carbocycles. The number of nitrogens with one attached hydrogen (secondary N) is 1. The van der Waals surface area contributed by atoms with Gasteiger partial charge in [0, 0.05) is 17.9 Å². The Kier molecular flexibility index (Phi) is 5.18. The summed E-state index contributed by atoms with van der Waals surface area (Å²) < 4.78 is 4.90. The zero-order valence-electron chi connectivity index (χ0n) is 10.5. The molecule has 1 amide bonds. The van der Waals surface area contributed by atoms with Gasteiger partial charge in [0.05, 0.1) is 5.69 Å². The molecule has 0 spiro atoms. The normalized spacial score (nSPS) is 11.5. The van der Waals surface area contributed by atoms with Crippen LogP contribution in [0.3, 0.4) is 0 Å². The molecular formula is C12H19BrN2O2. The second-order valence-corrected chi connectivity index (χ2v) is 5.76. The van der Waals surface area contributed by atoms with E-state index in [1.54, 1.807) is 13.0 Å². The summed E-state index contributed by atoms with van der Waals surface area (Å²) in [7, 11) is 0. The SMILES string of the molecule is Cc1cc(C(=O)NCC(C)(C)CCCBr)on1. The van der Waals surface area contributed by atoms with Gasteiger partial charge in [0.15, 0.2) is 0 Å². The average Bonchev–Trinajstić information content (AvgIpc) is 2.70. The van der Waals surface area contributed by atoms with Crippen molar-refractivity contribution in [2.45, 2.75) is 33.6 Å². The Morgan fingerprint density at radius 2 is 2.29 bits per heavy atom. The van der Waals surface area contributed by atoms with Crippen molar-refractivity contribution in [3.63, 3.8) is 0 Å². The molecule has 0 saturated carbocycles. The standard InChI is InChI=1S/C12H19BrN2O2/c1-9-7-10(17-15-9)11(16)14-8-12(2,3)5-4-6-13/h7H,4-6,8H2,1-3H3,(H,14,16). The number of halogens is 1. The molecule has 1 rings (SSSR count). The molecule has 0 radical (unpaired) electrons.